The van der Waals surface area contributed by atoms with Gasteiger partial charge in [-0.3, -0.25) is 0 Å². The summed E-state index contributed by atoms with van der Waals surface area (Å²) in [5, 5.41) is 7.44. The fraction of sp³-hybridized carbons (Fsp3) is 0.846. The van der Waals surface area contributed by atoms with Gasteiger partial charge in [-0.1, -0.05) is 13.8 Å². The maximum Gasteiger partial charge on any atom is 0.138 e. The van der Waals surface area contributed by atoms with Crippen LogP contribution in [-0.4, -0.2) is 34.0 Å². The monoisotopic (exact) mass is 254 g/mol. The van der Waals surface area contributed by atoms with Gasteiger partial charge in [0, 0.05) is 25.4 Å². The van der Waals surface area contributed by atoms with E-state index in [4.69, 9.17) is 0 Å². The number of hydrogen-bond donors (Lipinski definition) is 1. The number of alkyl halides is 1. The number of rotatable bonds is 5. The summed E-state index contributed by atoms with van der Waals surface area (Å²) in [5.74, 6) is 1.41. The average Bonchev–Trinajstić information content (AvgIpc) is 2.77. The Kier molecular flexibility index (Phi) is 4.69. The first-order valence-electron chi connectivity index (χ1n) is 6.88. The second-order valence-corrected chi connectivity index (χ2v) is 5.58. The highest BCUT2D eigenvalue weighted by molar-refractivity contribution is 4.91. The molecule has 0 amide bonds. The standard InChI is InChI=1S/C13H23FN4/c1-10(2)8-18-13(16-9-17-18)6-12(14)11-4-3-5-15-7-11/h9-12,15H,3-8H2,1-2H3. The number of aromatic nitrogens is 3. The molecule has 1 N–H and O–H groups in total. The first-order valence-corrected chi connectivity index (χ1v) is 6.88. The zero-order chi connectivity index (χ0) is 13.0. The predicted octanol–water partition coefficient (Wildman–Crippen LogP) is 1.81. The Morgan fingerprint density at radius 2 is 2.39 bits per heavy atom. The molecule has 5 heteroatoms. The normalized spacial score (nSPS) is 22.3. The Morgan fingerprint density at radius 1 is 1.56 bits per heavy atom. The van der Waals surface area contributed by atoms with E-state index in [9.17, 15) is 4.39 Å². The molecule has 1 aliphatic rings. The van der Waals surface area contributed by atoms with Gasteiger partial charge in [0.25, 0.3) is 0 Å². The molecular formula is C13H23FN4. The second-order valence-electron chi connectivity index (χ2n) is 5.58. The van der Waals surface area contributed by atoms with E-state index in [1.165, 1.54) is 6.33 Å². The van der Waals surface area contributed by atoms with Crippen molar-refractivity contribution in [1.82, 2.24) is 20.1 Å². The van der Waals surface area contributed by atoms with Crippen LogP contribution in [-0.2, 0) is 13.0 Å². The lowest BCUT2D eigenvalue weighted by Gasteiger charge is -2.25. The summed E-state index contributed by atoms with van der Waals surface area (Å²) < 4.78 is 16.1. The molecular weight excluding hydrogens is 231 g/mol. The van der Waals surface area contributed by atoms with Crippen LogP contribution in [0.15, 0.2) is 6.33 Å². The van der Waals surface area contributed by atoms with Gasteiger partial charge in [0.1, 0.15) is 18.3 Å². The van der Waals surface area contributed by atoms with E-state index in [0.29, 0.717) is 12.3 Å². The minimum absolute atomic E-state index is 0.128. The molecule has 0 aromatic carbocycles. The van der Waals surface area contributed by atoms with Crippen molar-refractivity contribution in [3.05, 3.63) is 12.2 Å². The predicted molar refractivity (Wildman–Crippen MR) is 69.1 cm³/mol. The van der Waals surface area contributed by atoms with Gasteiger partial charge in [-0.05, 0) is 25.3 Å². The molecule has 18 heavy (non-hydrogen) atoms. The van der Waals surface area contributed by atoms with Crippen LogP contribution in [0.5, 0.6) is 0 Å². The van der Waals surface area contributed by atoms with Crippen LogP contribution in [0.1, 0.15) is 32.5 Å². The van der Waals surface area contributed by atoms with E-state index >= 15 is 0 Å². The Hall–Kier alpha value is -0.970. The third-order valence-corrected chi connectivity index (χ3v) is 3.46. The van der Waals surface area contributed by atoms with Crippen molar-refractivity contribution in [3.63, 3.8) is 0 Å². The van der Waals surface area contributed by atoms with Crippen LogP contribution in [0.4, 0.5) is 4.39 Å². The molecule has 2 heterocycles. The lowest BCUT2D eigenvalue weighted by molar-refractivity contribution is 0.186. The third kappa shape index (κ3) is 3.51. The highest BCUT2D eigenvalue weighted by Crippen LogP contribution is 2.20. The van der Waals surface area contributed by atoms with Crippen LogP contribution in [0.3, 0.4) is 0 Å². The highest BCUT2D eigenvalue weighted by Gasteiger charge is 2.25. The van der Waals surface area contributed by atoms with Crippen LogP contribution < -0.4 is 5.32 Å². The van der Waals surface area contributed by atoms with E-state index in [2.05, 4.69) is 29.2 Å². The van der Waals surface area contributed by atoms with E-state index in [1.807, 2.05) is 4.68 Å². The summed E-state index contributed by atoms with van der Waals surface area (Å²) >= 11 is 0. The first-order chi connectivity index (χ1) is 8.66. The van der Waals surface area contributed by atoms with Gasteiger partial charge < -0.3 is 5.32 Å². The van der Waals surface area contributed by atoms with Crippen LogP contribution in [0, 0.1) is 11.8 Å². The quantitative estimate of drug-likeness (QED) is 0.871. The molecule has 1 aromatic heterocycles. The number of nitrogens with zero attached hydrogens (tertiary/aromatic N) is 3. The van der Waals surface area contributed by atoms with Crippen molar-refractivity contribution in [2.75, 3.05) is 13.1 Å². The van der Waals surface area contributed by atoms with Gasteiger partial charge in [0.15, 0.2) is 0 Å². The molecule has 1 saturated heterocycles. The van der Waals surface area contributed by atoms with E-state index in [1.54, 1.807) is 0 Å². The molecule has 2 rings (SSSR count). The van der Waals surface area contributed by atoms with Gasteiger partial charge in [-0.15, -0.1) is 0 Å². The molecule has 0 aliphatic carbocycles. The highest BCUT2D eigenvalue weighted by atomic mass is 19.1. The molecule has 0 radical (unpaired) electrons. The van der Waals surface area contributed by atoms with Crippen molar-refractivity contribution in [1.29, 1.82) is 0 Å². The molecule has 1 aromatic rings. The number of halogens is 1. The third-order valence-electron chi connectivity index (χ3n) is 3.46. The Labute approximate surface area is 108 Å². The molecule has 0 bridgehead atoms. The number of nitrogens with one attached hydrogen (secondary N) is 1. The van der Waals surface area contributed by atoms with Gasteiger partial charge in [0.05, 0.1) is 0 Å². The lowest BCUT2D eigenvalue weighted by Crippen LogP contribution is -2.36. The summed E-state index contributed by atoms with van der Waals surface area (Å²) in [6.45, 7) is 6.88. The van der Waals surface area contributed by atoms with E-state index in [-0.39, 0.29) is 5.92 Å². The zero-order valence-electron chi connectivity index (χ0n) is 11.3. The molecule has 4 nitrogen and oxygen atoms in total. The molecule has 102 valence electrons. The van der Waals surface area contributed by atoms with Gasteiger partial charge in [-0.25, -0.2) is 14.1 Å². The van der Waals surface area contributed by atoms with E-state index in [0.717, 1.165) is 38.3 Å². The largest absolute Gasteiger partial charge is 0.316 e. The SMILES string of the molecule is CC(C)Cn1ncnc1CC(F)C1CCCNC1. The summed E-state index contributed by atoms with van der Waals surface area (Å²) in [6, 6.07) is 0. The number of piperidine rings is 1. The summed E-state index contributed by atoms with van der Waals surface area (Å²) in [4.78, 5) is 4.20. The topological polar surface area (TPSA) is 42.7 Å². The summed E-state index contributed by atoms with van der Waals surface area (Å²) in [7, 11) is 0. The molecule has 0 saturated carbocycles. The lowest BCUT2D eigenvalue weighted by atomic mass is 9.93. The van der Waals surface area contributed by atoms with Crippen molar-refractivity contribution in [2.45, 2.75) is 45.8 Å². The molecule has 0 spiro atoms. The minimum atomic E-state index is -0.812. The van der Waals surface area contributed by atoms with Gasteiger partial charge in [0.2, 0.25) is 0 Å². The average molecular weight is 254 g/mol. The summed E-state index contributed by atoms with van der Waals surface area (Å²) in [5.41, 5.74) is 0. The van der Waals surface area contributed by atoms with E-state index < -0.39 is 6.17 Å². The van der Waals surface area contributed by atoms with Gasteiger partial charge >= 0.3 is 0 Å². The molecule has 1 aliphatic heterocycles. The Morgan fingerprint density at radius 3 is 3.06 bits per heavy atom. The van der Waals surface area contributed by atoms with Crippen molar-refractivity contribution < 1.29 is 4.39 Å². The maximum atomic E-state index is 14.2. The van der Waals surface area contributed by atoms with Crippen molar-refractivity contribution in [2.24, 2.45) is 11.8 Å². The Balaban J connectivity index is 1.93. The Bertz CT molecular complexity index is 358. The van der Waals surface area contributed by atoms with Crippen LogP contribution in [0.2, 0.25) is 0 Å². The van der Waals surface area contributed by atoms with Crippen LogP contribution >= 0.6 is 0 Å². The van der Waals surface area contributed by atoms with Gasteiger partial charge in [-0.2, -0.15) is 5.10 Å². The van der Waals surface area contributed by atoms with Crippen molar-refractivity contribution in [3.8, 4) is 0 Å². The fourth-order valence-corrected chi connectivity index (χ4v) is 2.47. The molecule has 1 fully saturated rings. The first kappa shape index (κ1) is 13.5. The second kappa shape index (κ2) is 6.27. The number of hydrogen-bond acceptors (Lipinski definition) is 3. The van der Waals surface area contributed by atoms with Crippen LogP contribution in [0.25, 0.3) is 0 Å². The fourth-order valence-electron chi connectivity index (χ4n) is 2.47. The molecule has 2 atom stereocenters. The smallest absolute Gasteiger partial charge is 0.138 e. The van der Waals surface area contributed by atoms with Crippen molar-refractivity contribution >= 4 is 0 Å². The zero-order valence-corrected chi connectivity index (χ0v) is 11.3. The maximum absolute atomic E-state index is 14.2. The minimum Gasteiger partial charge on any atom is -0.316 e. The summed E-state index contributed by atoms with van der Waals surface area (Å²) in [6.07, 6.45) is 3.16. The molecule has 2 unspecified atom stereocenters.